The van der Waals surface area contributed by atoms with Crippen LogP contribution in [0.15, 0.2) is 24.3 Å². The van der Waals surface area contributed by atoms with E-state index in [1.54, 1.807) is 19.9 Å². The van der Waals surface area contributed by atoms with E-state index in [2.05, 4.69) is 10.6 Å². The SMILES string of the molecule is CC[C@H](C)[C@H](NC(=O)[C@@H](NC(=O)c1ccccc1F)C(C)C)C(=O)OC. The number of hydrogen-bond donors (Lipinski definition) is 2. The van der Waals surface area contributed by atoms with Crippen LogP contribution >= 0.6 is 0 Å². The van der Waals surface area contributed by atoms with Gasteiger partial charge in [0, 0.05) is 0 Å². The minimum Gasteiger partial charge on any atom is -0.467 e. The first-order chi connectivity index (χ1) is 12.2. The molecule has 0 aliphatic rings. The number of hydrogen-bond acceptors (Lipinski definition) is 4. The Kier molecular flexibility index (Phi) is 8.22. The van der Waals surface area contributed by atoms with E-state index < -0.39 is 35.7 Å². The van der Waals surface area contributed by atoms with Crippen molar-refractivity contribution in [2.24, 2.45) is 11.8 Å². The fourth-order valence-corrected chi connectivity index (χ4v) is 2.44. The van der Waals surface area contributed by atoms with E-state index in [1.165, 1.54) is 25.3 Å². The van der Waals surface area contributed by atoms with Gasteiger partial charge in [-0.15, -0.1) is 0 Å². The number of carbonyl (C=O) groups is 3. The smallest absolute Gasteiger partial charge is 0.328 e. The highest BCUT2D eigenvalue weighted by atomic mass is 19.1. The molecule has 0 unspecified atom stereocenters. The molecule has 7 heteroatoms. The number of rotatable bonds is 8. The van der Waals surface area contributed by atoms with Crippen LogP contribution in [-0.4, -0.2) is 37.0 Å². The fourth-order valence-electron chi connectivity index (χ4n) is 2.44. The summed E-state index contributed by atoms with van der Waals surface area (Å²) in [6, 6.07) is 3.80. The molecule has 0 saturated carbocycles. The zero-order chi connectivity index (χ0) is 19.9. The van der Waals surface area contributed by atoms with E-state index in [-0.39, 0.29) is 17.4 Å². The highest BCUT2D eigenvalue weighted by Gasteiger charge is 2.32. The largest absolute Gasteiger partial charge is 0.467 e. The quantitative estimate of drug-likeness (QED) is 0.692. The van der Waals surface area contributed by atoms with Crippen molar-refractivity contribution in [2.45, 2.75) is 46.2 Å². The second-order valence-corrected chi connectivity index (χ2v) is 6.57. The van der Waals surface area contributed by atoms with Crippen molar-refractivity contribution in [3.63, 3.8) is 0 Å². The van der Waals surface area contributed by atoms with Gasteiger partial charge in [0.25, 0.3) is 5.91 Å². The monoisotopic (exact) mass is 366 g/mol. The van der Waals surface area contributed by atoms with Gasteiger partial charge in [0.1, 0.15) is 17.9 Å². The molecule has 0 saturated heterocycles. The summed E-state index contributed by atoms with van der Waals surface area (Å²) in [5.41, 5.74) is -0.141. The van der Waals surface area contributed by atoms with Gasteiger partial charge in [0.15, 0.2) is 0 Å². The van der Waals surface area contributed by atoms with Crippen LogP contribution in [0.4, 0.5) is 4.39 Å². The lowest BCUT2D eigenvalue weighted by atomic mass is 9.97. The summed E-state index contributed by atoms with van der Waals surface area (Å²) < 4.78 is 18.5. The van der Waals surface area contributed by atoms with Gasteiger partial charge < -0.3 is 15.4 Å². The number of benzene rings is 1. The Morgan fingerprint density at radius 2 is 1.69 bits per heavy atom. The number of methoxy groups -OCH3 is 1. The van der Waals surface area contributed by atoms with Crippen molar-refractivity contribution in [2.75, 3.05) is 7.11 Å². The van der Waals surface area contributed by atoms with E-state index in [4.69, 9.17) is 4.74 Å². The van der Waals surface area contributed by atoms with Gasteiger partial charge in [-0.25, -0.2) is 9.18 Å². The minimum absolute atomic E-state index is 0.138. The zero-order valence-corrected chi connectivity index (χ0v) is 15.8. The standard InChI is InChI=1S/C19H27FN2O4/c1-6-12(4)16(19(25)26-5)22-18(24)15(11(2)3)21-17(23)13-9-7-8-10-14(13)20/h7-12,15-16H,6H2,1-5H3,(H,21,23)(H,22,24)/t12-,15-,16-/m0/s1. The molecule has 0 heterocycles. The molecule has 1 rings (SSSR count). The first-order valence-corrected chi connectivity index (χ1v) is 8.66. The van der Waals surface area contributed by atoms with E-state index in [0.29, 0.717) is 6.42 Å². The molecule has 1 aromatic carbocycles. The molecule has 26 heavy (non-hydrogen) atoms. The lowest BCUT2D eigenvalue weighted by Crippen LogP contribution is -2.55. The number of ether oxygens (including phenoxy) is 1. The van der Waals surface area contributed by atoms with Crippen LogP contribution in [0, 0.1) is 17.7 Å². The Labute approximate surface area is 153 Å². The maximum atomic E-state index is 13.8. The minimum atomic E-state index is -0.918. The van der Waals surface area contributed by atoms with Gasteiger partial charge >= 0.3 is 5.97 Å². The molecule has 3 atom stereocenters. The molecule has 0 aliphatic carbocycles. The number of esters is 1. The molecular formula is C19H27FN2O4. The molecule has 0 fully saturated rings. The van der Waals surface area contributed by atoms with Crippen molar-refractivity contribution < 1.29 is 23.5 Å². The van der Waals surface area contributed by atoms with Crippen LogP contribution in [0.2, 0.25) is 0 Å². The molecule has 0 aromatic heterocycles. The number of halogens is 1. The first-order valence-electron chi connectivity index (χ1n) is 8.66. The molecule has 0 bridgehead atoms. The number of amides is 2. The Morgan fingerprint density at radius 3 is 2.19 bits per heavy atom. The van der Waals surface area contributed by atoms with E-state index in [0.717, 1.165) is 0 Å². The van der Waals surface area contributed by atoms with Crippen LogP contribution in [0.25, 0.3) is 0 Å². The summed E-state index contributed by atoms with van der Waals surface area (Å²) in [4.78, 5) is 36.9. The summed E-state index contributed by atoms with van der Waals surface area (Å²) in [7, 11) is 1.25. The maximum absolute atomic E-state index is 13.8. The Morgan fingerprint density at radius 1 is 1.08 bits per heavy atom. The summed E-state index contributed by atoms with van der Waals surface area (Å²) in [5.74, 6) is -2.81. The number of carbonyl (C=O) groups excluding carboxylic acids is 3. The second kappa shape index (κ2) is 9.89. The molecule has 2 amide bonds. The second-order valence-electron chi connectivity index (χ2n) is 6.57. The molecular weight excluding hydrogens is 339 g/mol. The highest BCUT2D eigenvalue weighted by Crippen LogP contribution is 2.12. The number of nitrogens with one attached hydrogen (secondary N) is 2. The van der Waals surface area contributed by atoms with Crippen molar-refractivity contribution >= 4 is 17.8 Å². The lowest BCUT2D eigenvalue weighted by Gasteiger charge is -2.27. The van der Waals surface area contributed by atoms with E-state index in [9.17, 15) is 18.8 Å². The lowest BCUT2D eigenvalue weighted by molar-refractivity contribution is -0.147. The third kappa shape index (κ3) is 5.54. The summed E-state index contributed by atoms with van der Waals surface area (Å²) in [6.07, 6.45) is 0.661. The first kappa shape index (κ1) is 21.6. The molecule has 0 aliphatic heterocycles. The average molecular weight is 366 g/mol. The van der Waals surface area contributed by atoms with Crippen LogP contribution in [0.5, 0.6) is 0 Å². The molecule has 0 radical (unpaired) electrons. The summed E-state index contributed by atoms with van der Waals surface area (Å²) in [6.45, 7) is 7.22. The Balaban J connectivity index is 2.94. The van der Waals surface area contributed by atoms with Gasteiger partial charge in [-0.1, -0.05) is 46.2 Å². The summed E-state index contributed by atoms with van der Waals surface area (Å²) >= 11 is 0. The molecule has 144 valence electrons. The van der Waals surface area contributed by atoms with Gasteiger partial charge in [-0.05, 0) is 24.0 Å². The normalized spacial score (nSPS) is 14.3. The molecule has 0 spiro atoms. The van der Waals surface area contributed by atoms with Crippen LogP contribution in [0.3, 0.4) is 0 Å². The predicted molar refractivity (Wildman–Crippen MR) is 95.9 cm³/mol. The van der Waals surface area contributed by atoms with Gasteiger partial charge in [-0.3, -0.25) is 9.59 Å². The van der Waals surface area contributed by atoms with Crippen LogP contribution in [0.1, 0.15) is 44.5 Å². The Bertz CT molecular complexity index is 648. The van der Waals surface area contributed by atoms with Gasteiger partial charge in [0.2, 0.25) is 5.91 Å². The predicted octanol–water partition coefficient (Wildman–Crippen LogP) is 2.28. The summed E-state index contributed by atoms with van der Waals surface area (Å²) in [5, 5.41) is 5.20. The highest BCUT2D eigenvalue weighted by molar-refractivity contribution is 5.98. The zero-order valence-electron chi connectivity index (χ0n) is 15.8. The van der Waals surface area contributed by atoms with Crippen molar-refractivity contribution in [1.82, 2.24) is 10.6 Å². The fraction of sp³-hybridized carbons (Fsp3) is 0.526. The van der Waals surface area contributed by atoms with Crippen molar-refractivity contribution in [3.8, 4) is 0 Å². The van der Waals surface area contributed by atoms with Crippen LogP contribution in [-0.2, 0) is 14.3 Å². The van der Waals surface area contributed by atoms with Gasteiger partial charge in [-0.2, -0.15) is 0 Å². The third-order valence-corrected chi connectivity index (χ3v) is 4.32. The average Bonchev–Trinajstić information content (AvgIpc) is 2.62. The van der Waals surface area contributed by atoms with Crippen LogP contribution < -0.4 is 10.6 Å². The third-order valence-electron chi connectivity index (χ3n) is 4.32. The van der Waals surface area contributed by atoms with Crippen molar-refractivity contribution in [1.29, 1.82) is 0 Å². The Hall–Kier alpha value is -2.44. The molecule has 1 aromatic rings. The molecule has 2 N–H and O–H groups in total. The van der Waals surface area contributed by atoms with E-state index in [1.807, 2.05) is 13.8 Å². The molecule has 6 nitrogen and oxygen atoms in total. The maximum Gasteiger partial charge on any atom is 0.328 e. The van der Waals surface area contributed by atoms with Gasteiger partial charge in [0.05, 0.1) is 12.7 Å². The van der Waals surface area contributed by atoms with E-state index >= 15 is 0 Å². The van der Waals surface area contributed by atoms with Crippen molar-refractivity contribution in [3.05, 3.63) is 35.6 Å². The topological polar surface area (TPSA) is 84.5 Å².